The van der Waals surface area contributed by atoms with Gasteiger partial charge in [-0.25, -0.2) is 12.8 Å². The summed E-state index contributed by atoms with van der Waals surface area (Å²) in [6.45, 7) is 1.60. The van der Waals surface area contributed by atoms with Crippen LogP contribution in [-0.2, 0) is 14.6 Å². The van der Waals surface area contributed by atoms with E-state index in [-0.39, 0.29) is 22.8 Å². The maximum absolute atomic E-state index is 13.7. The number of carbonyl (C=O) groups excluding carboxylic acids is 1. The van der Waals surface area contributed by atoms with Crippen molar-refractivity contribution < 1.29 is 17.6 Å². The molecule has 0 spiro atoms. The van der Waals surface area contributed by atoms with Gasteiger partial charge in [0.25, 0.3) is 0 Å². The normalized spacial score (nSPS) is 30.3. The summed E-state index contributed by atoms with van der Waals surface area (Å²) in [7, 11) is -3.79. The Morgan fingerprint density at radius 3 is 2.35 bits per heavy atom. The largest absolute Gasteiger partial charge is 0.354 e. The van der Waals surface area contributed by atoms with Crippen LogP contribution in [0.3, 0.4) is 0 Å². The van der Waals surface area contributed by atoms with Gasteiger partial charge >= 0.3 is 0 Å². The first kappa shape index (κ1) is 21.1. The molecular weight excluding hydrogens is 433 g/mol. The van der Waals surface area contributed by atoms with Gasteiger partial charge < -0.3 is 5.32 Å². The molecular formula is C24H28FNO3S2. The van der Waals surface area contributed by atoms with Crippen LogP contribution in [0, 0.1) is 35.9 Å². The lowest BCUT2D eigenvalue weighted by molar-refractivity contribution is -0.146. The van der Waals surface area contributed by atoms with Gasteiger partial charge in [0.15, 0.2) is 9.84 Å². The molecule has 1 unspecified atom stereocenters. The number of hydrogen-bond acceptors (Lipinski definition) is 4. The molecule has 4 aliphatic rings. The second kappa shape index (κ2) is 7.69. The highest BCUT2D eigenvalue weighted by Gasteiger charge is 2.54. The molecule has 166 valence electrons. The van der Waals surface area contributed by atoms with Gasteiger partial charge in [-0.3, -0.25) is 4.79 Å². The minimum Gasteiger partial charge on any atom is -0.354 e. The third kappa shape index (κ3) is 3.74. The molecule has 4 aliphatic carbocycles. The van der Waals surface area contributed by atoms with E-state index in [9.17, 15) is 17.6 Å². The van der Waals surface area contributed by atoms with E-state index in [1.807, 2.05) is 11.4 Å². The Hall–Kier alpha value is -1.73. The van der Waals surface area contributed by atoms with Crippen molar-refractivity contribution in [3.05, 3.63) is 52.0 Å². The lowest BCUT2D eigenvalue weighted by Gasteiger charge is -2.55. The Labute approximate surface area is 187 Å². The molecule has 4 saturated carbocycles. The van der Waals surface area contributed by atoms with E-state index in [1.54, 1.807) is 13.0 Å². The summed E-state index contributed by atoms with van der Waals surface area (Å²) < 4.78 is 40.7. The topological polar surface area (TPSA) is 63.2 Å². The van der Waals surface area contributed by atoms with Gasteiger partial charge in [-0.05, 0) is 98.4 Å². The van der Waals surface area contributed by atoms with E-state index >= 15 is 0 Å². The SMILES string of the molecule is Cc1cc(S(=O)(=O)C(CNC(=O)C23CC4CC(CC(C4)C2)C3)c2cccs2)ccc1F. The van der Waals surface area contributed by atoms with Gasteiger partial charge in [0, 0.05) is 16.8 Å². The van der Waals surface area contributed by atoms with Crippen molar-refractivity contribution >= 4 is 27.1 Å². The van der Waals surface area contributed by atoms with Crippen molar-refractivity contribution in [2.24, 2.45) is 23.2 Å². The molecule has 0 saturated heterocycles. The third-order valence-corrected chi connectivity index (χ3v) is 10.9. The van der Waals surface area contributed by atoms with Crippen LogP contribution in [0.1, 0.15) is 54.2 Å². The van der Waals surface area contributed by atoms with Crippen LogP contribution in [0.4, 0.5) is 4.39 Å². The second-order valence-corrected chi connectivity index (χ2v) is 13.0. The van der Waals surface area contributed by atoms with Crippen LogP contribution in [0.2, 0.25) is 0 Å². The molecule has 4 nitrogen and oxygen atoms in total. The van der Waals surface area contributed by atoms with Gasteiger partial charge in [0.1, 0.15) is 11.1 Å². The first-order valence-electron chi connectivity index (χ1n) is 11.1. The molecule has 4 fully saturated rings. The van der Waals surface area contributed by atoms with E-state index < -0.39 is 20.9 Å². The summed E-state index contributed by atoms with van der Waals surface area (Å²) in [4.78, 5) is 14.2. The predicted octanol–water partition coefficient (Wildman–Crippen LogP) is 5.04. The van der Waals surface area contributed by atoms with Gasteiger partial charge in [-0.2, -0.15) is 0 Å². The van der Waals surface area contributed by atoms with Gasteiger partial charge in [0.2, 0.25) is 5.91 Å². The Morgan fingerprint density at radius 1 is 1.16 bits per heavy atom. The molecule has 1 amide bonds. The van der Waals surface area contributed by atoms with Crippen LogP contribution in [0.15, 0.2) is 40.6 Å². The number of sulfone groups is 1. The minimum atomic E-state index is -3.79. The molecule has 1 atom stereocenters. The van der Waals surface area contributed by atoms with Crippen LogP contribution >= 0.6 is 11.3 Å². The van der Waals surface area contributed by atoms with Gasteiger partial charge in [-0.15, -0.1) is 11.3 Å². The van der Waals surface area contributed by atoms with Crippen LogP contribution in [-0.4, -0.2) is 20.9 Å². The zero-order chi connectivity index (χ0) is 21.8. The molecule has 0 radical (unpaired) electrons. The summed E-state index contributed by atoms with van der Waals surface area (Å²) in [5.74, 6) is 1.54. The summed E-state index contributed by atoms with van der Waals surface area (Å²) in [5, 5.41) is 4.01. The standard InChI is InChI=1S/C24H28FNO3S2/c1-15-7-19(4-5-20(15)25)31(28,29)22(21-3-2-6-30-21)14-26-23(27)24-11-16-8-17(12-24)10-18(9-16)13-24/h2-7,16-18,22H,8-14H2,1H3,(H,26,27). The predicted molar refractivity (Wildman–Crippen MR) is 119 cm³/mol. The summed E-state index contributed by atoms with van der Waals surface area (Å²) >= 11 is 1.37. The lowest BCUT2D eigenvalue weighted by atomic mass is 9.49. The molecule has 1 aromatic carbocycles. The molecule has 0 aliphatic heterocycles. The average molecular weight is 462 g/mol. The smallest absolute Gasteiger partial charge is 0.226 e. The van der Waals surface area contributed by atoms with Crippen molar-refractivity contribution in [3.8, 4) is 0 Å². The van der Waals surface area contributed by atoms with Gasteiger partial charge in [0.05, 0.1) is 4.90 Å². The van der Waals surface area contributed by atoms with E-state index in [0.717, 1.165) is 19.3 Å². The highest BCUT2D eigenvalue weighted by Crippen LogP contribution is 2.60. The fourth-order valence-electron chi connectivity index (χ4n) is 6.56. The third-order valence-electron chi connectivity index (χ3n) is 7.66. The first-order valence-corrected chi connectivity index (χ1v) is 13.5. The number of benzene rings is 1. The lowest BCUT2D eigenvalue weighted by Crippen LogP contribution is -2.54. The molecule has 31 heavy (non-hydrogen) atoms. The fraction of sp³-hybridized carbons (Fsp3) is 0.542. The van der Waals surface area contributed by atoms with Crippen molar-refractivity contribution in [2.45, 2.75) is 55.6 Å². The van der Waals surface area contributed by atoms with Crippen LogP contribution in [0.5, 0.6) is 0 Å². The van der Waals surface area contributed by atoms with E-state index in [4.69, 9.17) is 0 Å². The van der Waals surface area contributed by atoms with E-state index in [0.29, 0.717) is 28.2 Å². The zero-order valence-electron chi connectivity index (χ0n) is 17.6. The van der Waals surface area contributed by atoms with Crippen molar-refractivity contribution in [1.82, 2.24) is 5.32 Å². The van der Waals surface area contributed by atoms with Crippen molar-refractivity contribution in [3.63, 3.8) is 0 Å². The summed E-state index contributed by atoms with van der Waals surface area (Å²) in [6, 6.07) is 7.51. The number of thiophene rings is 1. The number of halogens is 1. The molecule has 1 N–H and O–H groups in total. The van der Waals surface area contributed by atoms with Crippen LogP contribution in [0.25, 0.3) is 0 Å². The Morgan fingerprint density at radius 2 is 1.81 bits per heavy atom. The Balaban J connectivity index is 1.39. The maximum Gasteiger partial charge on any atom is 0.226 e. The second-order valence-electron chi connectivity index (χ2n) is 9.87. The van der Waals surface area contributed by atoms with Crippen molar-refractivity contribution in [2.75, 3.05) is 6.54 Å². The van der Waals surface area contributed by atoms with E-state index in [2.05, 4.69) is 5.32 Å². The molecule has 1 aromatic heterocycles. The Bertz CT molecular complexity index is 1060. The number of nitrogens with one attached hydrogen (secondary N) is 1. The number of rotatable bonds is 6. The maximum atomic E-state index is 13.7. The highest BCUT2D eigenvalue weighted by atomic mass is 32.2. The number of amides is 1. The van der Waals surface area contributed by atoms with Gasteiger partial charge in [-0.1, -0.05) is 6.07 Å². The number of aryl methyl sites for hydroxylation is 1. The first-order chi connectivity index (χ1) is 14.8. The highest BCUT2D eigenvalue weighted by molar-refractivity contribution is 7.91. The average Bonchev–Trinajstić information content (AvgIpc) is 3.23. The zero-order valence-corrected chi connectivity index (χ0v) is 19.3. The molecule has 7 heteroatoms. The molecule has 6 rings (SSSR count). The van der Waals surface area contributed by atoms with Crippen molar-refractivity contribution in [1.29, 1.82) is 0 Å². The minimum absolute atomic E-state index is 0.0265. The quantitative estimate of drug-likeness (QED) is 0.613. The summed E-state index contributed by atoms with van der Waals surface area (Å²) in [6.07, 6.45) is 6.59. The number of carbonyl (C=O) groups is 1. The van der Waals surface area contributed by atoms with Crippen LogP contribution < -0.4 is 5.32 Å². The monoisotopic (exact) mass is 461 g/mol. The van der Waals surface area contributed by atoms with E-state index in [1.165, 1.54) is 48.8 Å². The molecule has 1 heterocycles. The Kier molecular flexibility index (Phi) is 5.25. The number of hydrogen-bond donors (Lipinski definition) is 1. The fourth-order valence-corrected chi connectivity index (χ4v) is 9.43. The molecule has 2 aromatic rings. The molecule has 4 bridgehead atoms. The summed E-state index contributed by atoms with van der Waals surface area (Å²) in [5.41, 5.74) is -0.0195.